The molecule has 1 aromatic carbocycles. The Hall–Kier alpha value is -5.25. The fourth-order valence-corrected chi connectivity index (χ4v) is 6.24. The topological polar surface area (TPSA) is 182 Å². The molecule has 1 atom stereocenters. The van der Waals surface area contributed by atoms with Crippen molar-refractivity contribution in [3.63, 3.8) is 0 Å². The predicted octanol–water partition coefficient (Wildman–Crippen LogP) is 1.62. The lowest BCUT2D eigenvalue weighted by atomic mass is 10.1. The second-order valence-electron chi connectivity index (χ2n) is 10.4. The SMILES string of the molecule is C=CC(=O)N1CCN(c2nc(=O)n(-c3c(C)ccnc3S(C)(=O)=O)c3nc(-c4c(O)cccc4F)c(F)cc23)C(CC(N)=O)C1. The molecule has 234 valence electrons. The number of aromatic hydroxyl groups is 1. The zero-order valence-corrected chi connectivity index (χ0v) is 24.9. The number of aryl methyl sites for hydroxylation is 1. The highest BCUT2D eigenvalue weighted by atomic mass is 32.2. The van der Waals surface area contributed by atoms with Crippen LogP contribution in [0.2, 0.25) is 0 Å². The Balaban J connectivity index is 1.88. The number of nitrogens with zero attached hydrogens (tertiary/aromatic N) is 6. The maximum absolute atomic E-state index is 15.9. The van der Waals surface area contributed by atoms with Gasteiger partial charge in [-0.3, -0.25) is 9.59 Å². The number of sulfone groups is 1. The maximum Gasteiger partial charge on any atom is 0.355 e. The van der Waals surface area contributed by atoms with Crippen molar-refractivity contribution in [2.45, 2.75) is 24.4 Å². The number of hydrogen-bond acceptors (Lipinski definition) is 10. The molecule has 3 aromatic heterocycles. The summed E-state index contributed by atoms with van der Waals surface area (Å²) in [6.45, 7) is 5.13. The Bertz CT molecular complexity index is 2050. The van der Waals surface area contributed by atoms with Crippen LogP contribution in [0.5, 0.6) is 5.75 Å². The summed E-state index contributed by atoms with van der Waals surface area (Å²) in [5, 5.41) is 9.82. The van der Waals surface area contributed by atoms with E-state index in [1.807, 2.05) is 0 Å². The minimum atomic E-state index is -4.05. The van der Waals surface area contributed by atoms with Crippen LogP contribution in [-0.4, -0.2) is 81.7 Å². The summed E-state index contributed by atoms with van der Waals surface area (Å²) in [4.78, 5) is 53.7. The molecule has 0 radical (unpaired) electrons. The van der Waals surface area contributed by atoms with E-state index in [1.54, 1.807) is 0 Å². The standard InChI is InChI=1S/C29H27F2N7O6S/c1-4-22(41)36-10-11-37(16(14-36)12-21(32)40)26-17-13-19(31)24(23-18(30)6-5-7-20(23)39)34-27(17)38(29(42)35-26)25-15(2)8-9-33-28(25)45(3,43)44/h4-9,13,16,39H,1,10-12,14H2,2-3H3,(H2,32,40). The van der Waals surface area contributed by atoms with Gasteiger partial charge in [-0.05, 0) is 42.8 Å². The Morgan fingerprint density at radius 1 is 1.18 bits per heavy atom. The van der Waals surface area contributed by atoms with Gasteiger partial charge in [0.15, 0.2) is 26.3 Å². The molecule has 1 fully saturated rings. The monoisotopic (exact) mass is 639 g/mol. The number of amides is 2. The Morgan fingerprint density at radius 3 is 2.56 bits per heavy atom. The quantitative estimate of drug-likeness (QED) is 0.282. The van der Waals surface area contributed by atoms with Crippen molar-refractivity contribution in [3.05, 3.63) is 76.9 Å². The number of anilines is 1. The summed E-state index contributed by atoms with van der Waals surface area (Å²) in [5.41, 5.74) is 2.90. The van der Waals surface area contributed by atoms with Crippen molar-refractivity contribution in [2.24, 2.45) is 5.73 Å². The average molecular weight is 640 g/mol. The number of primary amides is 1. The number of benzene rings is 1. The van der Waals surface area contributed by atoms with Gasteiger partial charge in [-0.2, -0.15) is 4.98 Å². The van der Waals surface area contributed by atoms with E-state index in [0.717, 1.165) is 35.1 Å². The van der Waals surface area contributed by atoms with Gasteiger partial charge in [-0.15, -0.1) is 0 Å². The Morgan fingerprint density at radius 2 is 1.91 bits per heavy atom. The number of nitrogens with two attached hydrogens (primary N) is 1. The van der Waals surface area contributed by atoms with Crippen molar-refractivity contribution in [3.8, 4) is 22.7 Å². The summed E-state index contributed by atoms with van der Waals surface area (Å²) in [5.74, 6) is -4.01. The molecule has 1 saturated heterocycles. The van der Waals surface area contributed by atoms with Gasteiger partial charge in [0.05, 0.1) is 22.7 Å². The van der Waals surface area contributed by atoms with Crippen molar-refractivity contribution in [1.29, 1.82) is 0 Å². The number of pyridine rings is 2. The first kappa shape index (κ1) is 31.2. The van der Waals surface area contributed by atoms with E-state index in [9.17, 15) is 32.3 Å². The molecule has 1 unspecified atom stereocenters. The van der Waals surface area contributed by atoms with Crippen LogP contribution in [0.4, 0.5) is 14.6 Å². The highest BCUT2D eigenvalue weighted by Crippen LogP contribution is 2.36. The third kappa shape index (κ3) is 5.71. The third-order valence-corrected chi connectivity index (χ3v) is 8.38. The van der Waals surface area contributed by atoms with Gasteiger partial charge in [0.1, 0.15) is 23.1 Å². The smallest absolute Gasteiger partial charge is 0.355 e. The van der Waals surface area contributed by atoms with Crippen molar-refractivity contribution < 1.29 is 31.9 Å². The van der Waals surface area contributed by atoms with Crippen LogP contribution in [-0.2, 0) is 19.4 Å². The fourth-order valence-electron chi connectivity index (χ4n) is 5.39. The fraction of sp³-hybridized carbons (Fsp3) is 0.241. The zero-order valence-electron chi connectivity index (χ0n) is 24.1. The molecule has 1 aliphatic rings. The normalized spacial score (nSPS) is 15.3. The minimum Gasteiger partial charge on any atom is -0.507 e. The first-order chi connectivity index (χ1) is 21.2. The first-order valence-electron chi connectivity index (χ1n) is 13.5. The van der Waals surface area contributed by atoms with Gasteiger partial charge >= 0.3 is 5.69 Å². The molecule has 5 rings (SSSR count). The summed E-state index contributed by atoms with van der Waals surface area (Å²) < 4.78 is 57.2. The number of fused-ring (bicyclic) bond motifs is 1. The predicted molar refractivity (Wildman–Crippen MR) is 160 cm³/mol. The third-order valence-electron chi connectivity index (χ3n) is 7.37. The maximum atomic E-state index is 15.9. The van der Waals surface area contributed by atoms with Gasteiger partial charge < -0.3 is 20.6 Å². The van der Waals surface area contributed by atoms with E-state index in [1.165, 1.54) is 35.1 Å². The van der Waals surface area contributed by atoms with Gasteiger partial charge in [0.25, 0.3) is 0 Å². The molecular weight excluding hydrogens is 612 g/mol. The molecule has 13 nitrogen and oxygen atoms in total. The second-order valence-corrected chi connectivity index (χ2v) is 12.4. The van der Waals surface area contributed by atoms with Crippen LogP contribution in [0.15, 0.2) is 59.0 Å². The number of hydrogen-bond donors (Lipinski definition) is 2. The lowest BCUT2D eigenvalue weighted by Crippen LogP contribution is -2.56. The van der Waals surface area contributed by atoms with E-state index in [-0.39, 0.29) is 54.2 Å². The molecule has 3 N–H and O–H groups in total. The van der Waals surface area contributed by atoms with Gasteiger partial charge in [-0.25, -0.2) is 36.5 Å². The van der Waals surface area contributed by atoms with Crippen molar-refractivity contribution in [2.75, 3.05) is 30.8 Å². The second kappa shape index (κ2) is 11.7. The molecular formula is C29H27F2N7O6S. The van der Waals surface area contributed by atoms with E-state index in [2.05, 4.69) is 21.5 Å². The highest BCUT2D eigenvalue weighted by molar-refractivity contribution is 7.90. The number of phenolic OH excluding ortho intramolecular Hbond substituents is 1. The lowest BCUT2D eigenvalue weighted by Gasteiger charge is -2.41. The molecule has 45 heavy (non-hydrogen) atoms. The summed E-state index contributed by atoms with van der Waals surface area (Å²) in [7, 11) is -4.05. The van der Waals surface area contributed by atoms with Gasteiger partial charge in [0.2, 0.25) is 11.8 Å². The number of halogens is 2. The van der Waals surface area contributed by atoms with Crippen LogP contribution in [0.25, 0.3) is 28.0 Å². The highest BCUT2D eigenvalue weighted by Gasteiger charge is 2.34. The van der Waals surface area contributed by atoms with Crippen LogP contribution in [0.1, 0.15) is 12.0 Å². The zero-order chi connectivity index (χ0) is 32.8. The van der Waals surface area contributed by atoms with E-state index in [0.29, 0.717) is 0 Å². The number of piperazine rings is 1. The van der Waals surface area contributed by atoms with Crippen molar-refractivity contribution >= 4 is 38.5 Å². The van der Waals surface area contributed by atoms with E-state index >= 15 is 4.39 Å². The number of carbonyl (C=O) groups excluding carboxylic acids is 2. The molecule has 0 spiro atoms. The van der Waals surface area contributed by atoms with Gasteiger partial charge in [-0.1, -0.05) is 12.6 Å². The van der Waals surface area contributed by atoms with Crippen LogP contribution >= 0.6 is 0 Å². The molecule has 2 amide bonds. The number of carbonyl (C=O) groups is 2. The number of phenols is 1. The van der Waals surface area contributed by atoms with Crippen LogP contribution < -0.4 is 16.3 Å². The van der Waals surface area contributed by atoms with Crippen LogP contribution in [0, 0.1) is 18.6 Å². The Labute approximate surface area is 255 Å². The average Bonchev–Trinajstić information content (AvgIpc) is 2.96. The first-order valence-corrected chi connectivity index (χ1v) is 15.4. The number of rotatable bonds is 7. The summed E-state index contributed by atoms with van der Waals surface area (Å²) in [6, 6.07) is 4.88. The van der Waals surface area contributed by atoms with Crippen molar-refractivity contribution in [1.82, 2.24) is 24.4 Å². The van der Waals surface area contributed by atoms with E-state index < -0.39 is 67.1 Å². The van der Waals surface area contributed by atoms with E-state index in [4.69, 9.17) is 5.73 Å². The molecule has 1 aliphatic heterocycles. The van der Waals surface area contributed by atoms with Gasteiger partial charge in [0, 0.05) is 38.5 Å². The lowest BCUT2D eigenvalue weighted by molar-refractivity contribution is -0.127. The molecule has 4 aromatic rings. The minimum absolute atomic E-state index is 0.0168. The molecule has 16 heteroatoms. The molecule has 0 aliphatic carbocycles. The largest absolute Gasteiger partial charge is 0.507 e. The number of aromatic nitrogens is 4. The summed E-state index contributed by atoms with van der Waals surface area (Å²) in [6.07, 6.45) is 2.96. The summed E-state index contributed by atoms with van der Waals surface area (Å²) >= 11 is 0. The molecule has 4 heterocycles. The molecule has 0 saturated carbocycles. The Kier molecular flexibility index (Phi) is 8.10. The van der Waals surface area contributed by atoms with Crippen LogP contribution in [0.3, 0.4) is 0 Å². The molecule has 0 bridgehead atoms.